The maximum absolute atomic E-state index is 12.1. The van der Waals surface area contributed by atoms with Crippen LogP contribution in [0.1, 0.15) is 10.7 Å². The van der Waals surface area contributed by atoms with Crippen molar-refractivity contribution in [1.82, 2.24) is 19.2 Å². The smallest absolute Gasteiger partial charge is 0.276 e. The van der Waals surface area contributed by atoms with E-state index < -0.39 is 0 Å². The van der Waals surface area contributed by atoms with Gasteiger partial charge in [0.2, 0.25) is 0 Å². The molecule has 0 aromatic carbocycles. The maximum atomic E-state index is 12.1. The Kier molecular flexibility index (Phi) is 2.89. The molecular weight excluding hydrogens is 272 g/mol. The number of halogens is 1. The lowest BCUT2D eigenvalue weighted by molar-refractivity contribution is 0.736. The summed E-state index contributed by atoms with van der Waals surface area (Å²) in [7, 11) is 0. The monoisotopic (exact) mass is 280 g/mol. The summed E-state index contributed by atoms with van der Waals surface area (Å²) in [4.78, 5) is 16.5. The Morgan fingerprint density at radius 1 is 1.39 bits per heavy atom. The molecule has 0 radical (unpaired) electrons. The number of nitrogens with zero attached hydrogens (tertiary/aromatic N) is 4. The molecule has 0 spiro atoms. The quantitative estimate of drug-likeness (QED) is 0.687. The van der Waals surface area contributed by atoms with E-state index >= 15 is 0 Å². The van der Waals surface area contributed by atoms with Crippen LogP contribution in [-0.2, 0) is 12.4 Å². The van der Waals surface area contributed by atoms with Crippen LogP contribution < -0.4 is 5.56 Å². The summed E-state index contributed by atoms with van der Waals surface area (Å²) in [6, 6.07) is 1.70. The van der Waals surface area contributed by atoms with Crippen molar-refractivity contribution in [2.75, 3.05) is 0 Å². The average molecular weight is 281 g/mol. The molecule has 92 valence electrons. The highest BCUT2D eigenvalue weighted by Crippen LogP contribution is 2.12. The molecule has 0 N–H and O–H groups in total. The van der Waals surface area contributed by atoms with Crippen LogP contribution in [0.15, 0.2) is 34.8 Å². The summed E-state index contributed by atoms with van der Waals surface area (Å²) in [6.07, 6.45) is 5.08. The highest BCUT2D eigenvalue weighted by molar-refractivity contribution is 7.09. The molecular formula is C11H9ClN4OS. The summed E-state index contributed by atoms with van der Waals surface area (Å²) in [6.45, 7) is 0.460. The highest BCUT2D eigenvalue weighted by atomic mass is 35.5. The van der Waals surface area contributed by atoms with Crippen molar-refractivity contribution >= 4 is 28.5 Å². The molecule has 0 aliphatic carbocycles. The largest absolute Gasteiger partial charge is 0.305 e. The predicted octanol–water partition coefficient (Wildman–Crippen LogP) is 1.74. The lowest BCUT2D eigenvalue weighted by atomic mass is 10.5. The molecule has 0 unspecified atom stereocenters. The summed E-state index contributed by atoms with van der Waals surface area (Å²) in [5.41, 5.74) is 1.33. The van der Waals surface area contributed by atoms with Gasteiger partial charge in [-0.15, -0.1) is 22.9 Å². The third kappa shape index (κ3) is 1.93. The van der Waals surface area contributed by atoms with Gasteiger partial charge in [0, 0.05) is 17.8 Å². The van der Waals surface area contributed by atoms with Crippen LogP contribution in [0.25, 0.3) is 5.52 Å². The molecule has 5 nitrogen and oxygen atoms in total. The molecule has 3 aromatic heterocycles. The molecule has 0 amide bonds. The van der Waals surface area contributed by atoms with Crippen LogP contribution in [0.3, 0.4) is 0 Å². The van der Waals surface area contributed by atoms with Crippen LogP contribution in [-0.4, -0.2) is 19.2 Å². The average Bonchev–Trinajstić information content (AvgIpc) is 3.01. The summed E-state index contributed by atoms with van der Waals surface area (Å²) in [5, 5.41) is 6.80. The first-order valence-electron chi connectivity index (χ1n) is 5.30. The second-order valence-corrected chi connectivity index (χ2v) is 4.97. The van der Waals surface area contributed by atoms with Crippen molar-refractivity contribution in [3.05, 3.63) is 51.1 Å². The number of hydrogen-bond donors (Lipinski definition) is 0. The third-order valence-electron chi connectivity index (χ3n) is 2.58. The lowest BCUT2D eigenvalue weighted by Crippen LogP contribution is -2.21. The molecule has 7 heteroatoms. The summed E-state index contributed by atoms with van der Waals surface area (Å²) < 4.78 is 3.18. The molecule has 0 aliphatic rings. The zero-order chi connectivity index (χ0) is 12.5. The summed E-state index contributed by atoms with van der Waals surface area (Å²) in [5.74, 6) is 0.396. The van der Waals surface area contributed by atoms with Gasteiger partial charge in [0.25, 0.3) is 5.56 Å². The Labute approximate surface area is 111 Å². The van der Waals surface area contributed by atoms with Crippen LogP contribution in [0.2, 0.25) is 0 Å². The van der Waals surface area contributed by atoms with Crippen molar-refractivity contribution in [2.24, 2.45) is 0 Å². The molecule has 3 rings (SSSR count). The number of hydrogen-bond acceptors (Lipinski definition) is 4. The van der Waals surface area contributed by atoms with Crippen molar-refractivity contribution in [2.45, 2.75) is 12.4 Å². The molecule has 18 heavy (non-hydrogen) atoms. The first-order chi connectivity index (χ1) is 8.78. The molecule has 0 aliphatic heterocycles. The van der Waals surface area contributed by atoms with Gasteiger partial charge in [-0.1, -0.05) is 0 Å². The van der Waals surface area contributed by atoms with E-state index in [1.165, 1.54) is 11.3 Å². The standard InChI is InChI=1S/C11H9ClN4OS/c12-5-8-7-18-10(14-8)6-15-3-4-16-9(11(15)17)1-2-13-16/h1-4,7H,5-6H2. The van der Waals surface area contributed by atoms with Crippen molar-refractivity contribution in [3.8, 4) is 0 Å². The Hall–Kier alpha value is -1.66. The zero-order valence-electron chi connectivity index (χ0n) is 9.28. The number of rotatable bonds is 3. The fourth-order valence-electron chi connectivity index (χ4n) is 1.71. The van der Waals surface area contributed by atoms with Crippen LogP contribution in [0, 0.1) is 0 Å². The normalized spacial score (nSPS) is 11.2. The fraction of sp³-hybridized carbons (Fsp3) is 0.182. The molecule has 0 bridgehead atoms. The Bertz CT molecular complexity index is 745. The van der Waals surface area contributed by atoms with Gasteiger partial charge in [-0.25, -0.2) is 9.50 Å². The third-order valence-corrected chi connectivity index (χ3v) is 3.74. The van der Waals surface area contributed by atoms with Crippen molar-refractivity contribution < 1.29 is 0 Å². The van der Waals surface area contributed by atoms with E-state index in [9.17, 15) is 4.79 Å². The van der Waals surface area contributed by atoms with Gasteiger partial charge in [0.15, 0.2) is 0 Å². The van der Waals surface area contributed by atoms with Gasteiger partial charge >= 0.3 is 0 Å². The van der Waals surface area contributed by atoms with E-state index in [-0.39, 0.29) is 5.56 Å². The number of alkyl halides is 1. The first kappa shape index (κ1) is 11.4. The molecule has 0 saturated carbocycles. The highest BCUT2D eigenvalue weighted by Gasteiger charge is 2.06. The maximum Gasteiger partial charge on any atom is 0.276 e. The molecule has 0 atom stereocenters. The number of aromatic nitrogens is 4. The van der Waals surface area contributed by atoms with E-state index in [1.54, 1.807) is 33.7 Å². The SMILES string of the molecule is O=c1c2ccnn2ccn1Cc1nc(CCl)cs1. The number of thiazole rings is 1. The minimum Gasteiger partial charge on any atom is -0.305 e. The predicted molar refractivity (Wildman–Crippen MR) is 70.2 cm³/mol. The van der Waals surface area contributed by atoms with E-state index in [4.69, 9.17) is 11.6 Å². The molecule has 0 fully saturated rings. The van der Waals surface area contributed by atoms with Gasteiger partial charge in [0.05, 0.1) is 24.3 Å². The van der Waals surface area contributed by atoms with Gasteiger partial charge in [-0.2, -0.15) is 5.10 Å². The number of fused-ring (bicyclic) bond motifs is 1. The Morgan fingerprint density at radius 3 is 3.06 bits per heavy atom. The van der Waals surface area contributed by atoms with Crippen LogP contribution in [0.5, 0.6) is 0 Å². The minimum absolute atomic E-state index is 0.0716. The lowest BCUT2D eigenvalue weighted by Gasteiger charge is -2.03. The van der Waals surface area contributed by atoms with E-state index in [0.29, 0.717) is 17.9 Å². The molecule has 3 aromatic rings. The zero-order valence-corrected chi connectivity index (χ0v) is 10.9. The second-order valence-electron chi connectivity index (χ2n) is 3.76. The van der Waals surface area contributed by atoms with Gasteiger partial charge < -0.3 is 4.57 Å². The summed E-state index contributed by atoms with van der Waals surface area (Å²) >= 11 is 7.21. The van der Waals surface area contributed by atoms with Gasteiger partial charge in [-0.3, -0.25) is 4.79 Å². The Morgan fingerprint density at radius 2 is 2.28 bits per heavy atom. The second kappa shape index (κ2) is 4.55. The van der Waals surface area contributed by atoms with Crippen LogP contribution >= 0.6 is 22.9 Å². The van der Waals surface area contributed by atoms with Gasteiger partial charge in [0.1, 0.15) is 10.5 Å². The van der Waals surface area contributed by atoms with Crippen molar-refractivity contribution in [1.29, 1.82) is 0 Å². The van der Waals surface area contributed by atoms with E-state index in [0.717, 1.165) is 10.7 Å². The van der Waals surface area contributed by atoms with Gasteiger partial charge in [-0.05, 0) is 6.07 Å². The van der Waals surface area contributed by atoms with E-state index in [1.807, 2.05) is 5.38 Å². The first-order valence-corrected chi connectivity index (χ1v) is 6.71. The minimum atomic E-state index is -0.0716. The molecule has 0 saturated heterocycles. The van der Waals surface area contributed by atoms with E-state index in [2.05, 4.69) is 10.1 Å². The fourth-order valence-corrected chi connectivity index (χ4v) is 2.73. The molecule has 3 heterocycles. The Balaban J connectivity index is 1.99. The topological polar surface area (TPSA) is 52.2 Å². The van der Waals surface area contributed by atoms with Crippen molar-refractivity contribution in [3.63, 3.8) is 0 Å². The van der Waals surface area contributed by atoms with Crippen LogP contribution in [0.4, 0.5) is 0 Å².